The van der Waals surface area contributed by atoms with Gasteiger partial charge in [0.15, 0.2) is 0 Å². The third-order valence-electron chi connectivity index (χ3n) is 1.26. The fourth-order valence-corrected chi connectivity index (χ4v) is 0.772. The number of pyridine rings is 1. The molecular weight excluding hydrogens is 168 g/mol. The first-order chi connectivity index (χ1) is 6.36. The Morgan fingerprint density at radius 2 is 2.62 bits per heavy atom. The van der Waals surface area contributed by atoms with Crippen molar-refractivity contribution in [2.24, 2.45) is 5.16 Å². The summed E-state index contributed by atoms with van der Waals surface area (Å²) in [6.45, 7) is 0.208. The summed E-state index contributed by atoms with van der Waals surface area (Å²) in [5, 5.41) is 11.1. The molecule has 0 aliphatic rings. The van der Waals surface area contributed by atoms with E-state index in [4.69, 9.17) is 16.4 Å². The van der Waals surface area contributed by atoms with Crippen molar-refractivity contribution in [3.05, 3.63) is 24.0 Å². The molecule has 0 saturated carbocycles. The van der Waals surface area contributed by atoms with Crippen LogP contribution >= 0.6 is 0 Å². The van der Waals surface area contributed by atoms with Gasteiger partial charge in [-0.15, -0.1) is 6.42 Å². The van der Waals surface area contributed by atoms with Gasteiger partial charge in [-0.2, -0.15) is 0 Å². The van der Waals surface area contributed by atoms with Crippen LogP contribution in [-0.4, -0.2) is 23.0 Å². The molecule has 1 heterocycles. The lowest BCUT2D eigenvalue weighted by Crippen LogP contribution is -1.95. The van der Waals surface area contributed by atoms with Crippen LogP contribution in [0.15, 0.2) is 23.5 Å². The summed E-state index contributed by atoms with van der Waals surface area (Å²) in [5.41, 5.74) is 0.511. The van der Waals surface area contributed by atoms with Crippen molar-refractivity contribution in [1.29, 1.82) is 0 Å². The van der Waals surface area contributed by atoms with Crippen LogP contribution in [0.5, 0.6) is 5.75 Å². The zero-order valence-corrected chi connectivity index (χ0v) is 6.84. The van der Waals surface area contributed by atoms with E-state index in [1.54, 1.807) is 18.3 Å². The average molecular weight is 176 g/mol. The first-order valence-electron chi connectivity index (χ1n) is 3.56. The Morgan fingerprint density at radius 3 is 3.31 bits per heavy atom. The van der Waals surface area contributed by atoms with Gasteiger partial charge in [0.25, 0.3) is 0 Å². The highest BCUT2D eigenvalue weighted by Gasteiger charge is 1.94. The van der Waals surface area contributed by atoms with E-state index in [1.807, 2.05) is 0 Å². The Bertz CT molecular complexity index is 342. The van der Waals surface area contributed by atoms with Crippen LogP contribution in [0.1, 0.15) is 5.69 Å². The summed E-state index contributed by atoms with van der Waals surface area (Å²) in [7, 11) is 0. The summed E-state index contributed by atoms with van der Waals surface area (Å²) >= 11 is 0. The van der Waals surface area contributed by atoms with Gasteiger partial charge in [-0.05, 0) is 6.07 Å². The van der Waals surface area contributed by atoms with Gasteiger partial charge >= 0.3 is 0 Å². The number of oxime groups is 1. The highest BCUT2D eigenvalue weighted by Crippen LogP contribution is 2.09. The topological polar surface area (TPSA) is 54.7 Å². The summed E-state index contributed by atoms with van der Waals surface area (Å²) in [6, 6.07) is 3.29. The van der Waals surface area contributed by atoms with Crippen LogP contribution in [0.2, 0.25) is 0 Å². The van der Waals surface area contributed by atoms with Gasteiger partial charge in [0.1, 0.15) is 12.4 Å². The molecule has 0 atom stereocenters. The molecule has 13 heavy (non-hydrogen) atoms. The van der Waals surface area contributed by atoms with E-state index in [0.29, 0.717) is 11.4 Å². The summed E-state index contributed by atoms with van der Waals surface area (Å²) in [5.74, 6) is 2.94. The normalized spacial score (nSPS) is 9.77. The van der Waals surface area contributed by atoms with Crippen LogP contribution in [-0.2, 0) is 0 Å². The van der Waals surface area contributed by atoms with Gasteiger partial charge in [0, 0.05) is 12.3 Å². The van der Waals surface area contributed by atoms with Crippen molar-refractivity contribution in [1.82, 2.24) is 4.98 Å². The first kappa shape index (κ1) is 9.07. The van der Waals surface area contributed by atoms with Crippen molar-refractivity contribution < 1.29 is 9.94 Å². The van der Waals surface area contributed by atoms with E-state index in [0.717, 1.165) is 0 Å². The molecule has 1 N–H and O–H groups in total. The molecule has 0 amide bonds. The molecule has 1 aromatic rings. The number of nitrogens with zero attached hydrogens (tertiary/aromatic N) is 2. The zero-order valence-electron chi connectivity index (χ0n) is 6.84. The van der Waals surface area contributed by atoms with E-state index >= 15 is 0 Å². The number of terminal acetylenes is 1. The van der Waals surface area contributed by atoms with Gasteiger partial charge in [0.2, 0.25) is 0 Å². The van der Waals surface area contributed by atoms with Crippen molar-refractivity contribution >= 4 is 6.21 Å². The Balaban J connectivity index is 2.74. The van der Waals surface area contributed by atoms with E-state index < -0.39 is 0 Å². The molecule has 0 saturated heterocycles. The SMILES string of the molecule is C#CCOc1ccnc(/C=N/O)c1. The highest BCUT2D eigenvalue weighted by atomic mass is 16.5. The van der Waals surface area contributed by atoms with Crippen LogP contribution in [0, 0.1) is 12.3 Å². The number of ether oxygens (including phenoxy) is 1. The molecule has 66 valence electrons. The van der Waals surface area contributed by atoms with Gasteiger partial charge in [-0.25, -0.2) is 0 Å². The summed E-state index contributed by atoms with van der Waals surface area (Å²) in [4.78, 5) is 3.90. The monoisotopic (exact) mass is 176 g/mol. The zero-order chi connectivity index (χ0) is 9.52. The summed E-state index contributed by atoms with van der Waals surface area (Å²) < 4.78 is 5.12. The molecule has 0 aliphatic carbocycles. The third-order valence-corrected chi connectivity index (χ3v) is 1.26. The third kappa shape index (κ3) is 2.83. The largest absolute Gasteiger partial charge is 0.481 e. The van der Waals surface area contributed by atoms with Crippen LogP contribution < -0.4 is 4.74 Å². The maximum atomic E-state index is 8.24. The first-order valence-corrected chi connectivity index (χ1v) is 3.56. The van der Waals surface area contributed by atoms with Crippen LogP contribution in [0.3, 0.4) is 0 Å². The van der Waals surface area contributed by atoms with Crippen LogP contribution in [0.25, 0.3) is 0 Å². The molecule has 1 rings (SSSR count). The van der Waals surface area contributed by atoms with Crippen molar-refractivity contribution in [3.63, 3.8) is 0 Å². The number of rotatable bonds is 3. The quantitative estimate of drug-likeness (QED) is 0.322. The predicted octanol–water partition coefficient (Wildman–Crippen LogP) is 0.902. The maximum absolute atomic E-state index is 8.24. The maximum Gasteiger partial charge on any atom is 0.148 e. The number of hydrogen-bond acceptors (Lipinski definition) is 4. The van der Waals surface area contributed by atoms with Gasteiger partial charge in [0.05, 0.1) is 11.9 Å². The minimum absolute atomic E-state index is 0.208. The van der Waals surface area contributed by atoms with Crippen molar-refractivity contribution in [3.8, 4) is 18.1 Å². The van der Waals surface area contributed by atoms with E-state index in [9.17, 15) is 0 Å². The predicted molar refractivity (Wildman–Crippen MR) is 47.9 cm³/mol. The molecule has 4 heteroatoms. The molecule has 0 bridgehead atoms. The number of hydrogen-bond donors (Lipinski definition) is 1. The lowest BCUT2D eigenvalue weighted by molar-refractivity contribution is 0.321. The molecule has 0 radical (unpaired) electrons. The van der Waals surface area contributed by atoms with E-state index in [-0.39, 0.29) is 6.61 Å². The smallest absolute Gasteiger partial charge is 0.148 e. The molecule has 0 aromatic carbocycles. The van der Waals surface area contributed by atoms with E-state index in [2.05, 4.69) is 16.1 Å². The molecule has 4 nitrogen and oxygen atoms in total. The Morgan fingerprint density at radius 1 is 1.77 bits per heavy atom. The minimum atomic E-state index is 0.208. The summed E-state index contributed by atoms with van der Waals surface area (Å²) in [6.07, 6.45) is 7.77. The molecule has 0 spiro atoms. The average Bonchev–Trinajstić information content (AvgIpc) is 2.16. The second kappa shape index (κ2) is 4.78. The van der Waals surface area contributed by atoms with Crippen molar-refractivity contribution in [2.45, 2.75) is 0 Å². The van der Waals surface area contributed by atoms with Gasteiger partial charge in [-0.1, -0.05) is 11.1 Å². The Hall–Kier alpha value is -2.02. The molecule has 1 aromatic heterocycles. The molecule has 0 unspecified atom stereocenters. The molecular formula is C9H8N2O2. The van der Waals surface area contributed by atoms with Crippen LogP contribution in [0.4, 0.5) is 0 Å². The molecule has 0 fully saturated rings. The van der Waals surface area contributed by atoms with Crippen molar-refractivity contribution in [2.75, 3.05) is 6.61 Å². The van der Waals surface area contributed by atoms with E-state index in [1.165, 1.54) is 6.21 Å². The van der Waals surface area contributed by atoms with Gasteiger partial charge in [-0.3, -0.25) is 4.98 Å². The Labute approximate surface area is 75.9 Å². The molecule has 0 aliphatic heterocycles. The number of aromatic nitrogens is 1. The second-order valence-corrected chi connectivity index (χ2v) is 2.15. The second-order valence-electron chi connectivity index (χ2n) is 2.15. The Kier molecular flexibility index (Phi) is 3.33. The lowest BCUT2D eigenvalue weighted by atomic mass is 10.3. The minimum Gasteiger partial charge on any atom is -0.481 e. The highest BCUT2D eigenvalue weighted by molar-refractivity contribution is 5.76. The fourth-order valence-electron chi connectivity index (χ4n) is 0.772. The lowest BCUT2D eigenvalue weighted by Gasteiger charge is -2.00. The fraction of sp³-hybridized carbons (Fsp3) is 0.111. The standard InChI is InChI=1S/C9H8N2O2/c1-2-5-13-9-3-4-10-8(6-9)7-11-12/h1,3-4,6-7,12H,5H2/b11-7+. The van der Waals surface area contributed by atoms with Gasteiger partial charge < -0.3 is 9.94 Å².